The van der Waals surface area contributed by atoms with Gasteiger partial charge in [0.25, 0.3) is 0 Å². The number of hydrogen-bond donors (Lipinski definition) is 2. The number of rotatable bonds is 5. The third-order valence-electron chi connectivity index (χ3n) is 2.88. The molecule has 2 N–H and O–H groups in total. The molecule has 1 aromatic carbocycles. The molecule has 0 saturated carbocycles. The van der Waals surface area contributed by atoms with Gasteiger partial charge in [0.1, 0.15) is 6.56 Å². The Morgan fingerprint density at radius 1 is 1.67 bits per heavy atom. The lowest BCUT2D eigenvalue weighted by atomic mass is 10.0. The van der Waals surface area contributed by atoms with Gasteiger partial charge in [0.2, 0.25) is 0 Å². The number of carbonyl (C=O) groups is 1. The highest BCUT2D eigenvalue weighted by Gasteiger charge is 2.22. The van der Waals surface area contributed by atoms with Crippen LogP contribution in [-0.4, -0.2) is 49.0 Å². The molecule has 1 aliphatic rings. The zero-order valence-corrected chi connectivity index (χ0v) is 10.7. The average molecular weight is 302 g/mol. The number of aromatic nitrogens is 1. The number of carbonyl (C=O) groups excluding carboxylic acids is 1. The zero-order valence-electron chi connectivity index (χ0n) is 25.7. The fraction of sp³-hybridized carbons (Fsp3) is 0.438. The van der Waals surface area contributed by atoms with E-state index in [2.05, 4.69) is 4.74 Å². The third kappa shape index (κ3) is 3.19. The van der Waals surface area contributed by atoms with E-state index in [4.69, 9.17) is 20.6 Å². The minimum atomic E-state index is -3.38. The topological polar surface area (TPSA) is 57.4 Å². The van der Waals surface area contributed by atoms with Crippen LogP contribution in [0.3, 0.4) is 0 Å². The number of likely N-dealkylation sites (N-methyl/N-ethyl adjacent to an activating group) is 1. The van der Waals surface area contributed by atoms with Gasteiger partial charge in [-0.2, -0.15) is 0 Å². The Labute approximate surface area is 145 Å². The van der Waals surface area contributed by atoms with Crippen molar-refractivity contribution in [3.05, 3.63) is 35.5 Å². The molecule has 112 valence electrons. The molecule has 1 fully saturated rings. The second kappa shape index (κ2) is 5.77. The van der Waals surface area contributed by atoms with Crippen LogP contribution in [-0.2, 0) is 17.6 Å². The van der Waals surface area contributed by atoms with Gasteiger partial charge in [-0.05, 0) is 50.0 Å². The Hall–Kier alpha value is -2.01. The van der Waals surface area contributed by atoms with Gasteiger partial charge in [0, 0.05) is 34.6 Å². The van der Waals surface area contributed by atoms with Crippen molar-refractivity contribution in [1.82, 2.24) is 15.2 Å². The molecular weight excluding hydrogens is 266 g/mol. The first-order valence-corrected chi connectivity index (χ1v) is 6.04. The van der Waals surface area contributed by atoms with E-state index in [0.717, 1.165) is 6.20 Å². The predicted molar refractivity (Wildman–Crippen MR) is 82.5 cm³/mol. The Morgan fingerprint density at radius 2 is 2.57 bits per heavy atom. The fourth-order valence-electron chi connectivity index (χ4n) is 1.95. The van der Waals surface area contributed by atoms with Crippen LogP contribution in [0.1, 0.15) is 28.9 Å². The maximum atomic E-state index is 11.7. The quantitative estimate of drug-likeness (QED) is 0.887. The maximum absolute atomic E-state index is 11.7. The van der Waals surface area contributed by atoms with Gasteiger partial charge in [-0.1, -0.05) is 6.04 Å². The molecule has 2 heterocycles. The molecule has 1 amide bonds. The summed E-state index contributed by atoms with van der Waals surface area (Å²) in [6.45, 7) is -12.5. The summed E-state index contributed by atoms with van der Waals surface area (Å²) < 4.78 is 123. The normalized spacial score (nSPS) is 33.4. The number of nitrogens with zero attached hydrogens (tertiary/aromatic N) is 1. The van der Waals surface area contributed by atoms with Crippen molar-refractivity contribution >= 4 is 17.0 Å². The van der Waals surface area contributed by atoms with Crippen LogP contribution in [0.25, 0.3) is 10.9 Å². The zero-order chi connectivity index (χ0) is 27.8. The van der Waals surface area contributed by atoms with E-state index >= 15 is 0 Å². The molecule has 1 atom stereocenters. The highest BCUT2D eigenvalue weighted by molar-refractivity contribution is 5.84. The van der Waals surface area contributed by atoms with Crippen LogP contribution < -0.4 is 5.31 Å². The van der Waals surface area contributed by atoms with Crippen molar-refractivity contribution in [2.24, 2.45) is 0 Å². The van der Waals surface area contributed by atoms with Gasteiger partial charge in [-0.3, -0.25) is 0 Å². The predicted octanol–water partition coefficient (Wildman–Crippen LogP) is 1.92. The minimum Gasteiger partial charge on any atom is -0.447 e. The van der Waals surface area contributed by atoms with Crippen LogP contribution in [0.5, 0.6) is 0 Å². The number of amides is 1. The molecule has 1 aliphatic heterocycles. The summed E-state index contributed by atoms with van der Waals surface area (Å²) in [6, 6.07) is -3.32. The van der Waals surface area contributed by atoms with Crippen molar-refractivity contribution in [2.75, 3.05) is 27.0 Å². The summed E-state index contributed by atoms with van der Waals surface area (Å²) in [5, 5.41) is -0.0462. The van der Waals surface area contributed by atoms with Gasteiger partial charge >= 0.3 is 6.09 Å². The van der Waals surface area contributed by atoms with E-state index in [9.17, 15) is 4.79 Å². The van der Waals surface area contributed by atoms with Crippen molar-refractivity contribution < 1.29 is 30.2 Å². The monoisotopic (exact) mass is 302 g/mol. The molecule has 21 heavy (non-hydrogen) atoms. The number of aromatic amines is 1. The molecule has 0 unspecified atom stereocenters. The van der Waals surface area contributed by atoms with Gasteiger partial charge in [0.15, 0.2) is 2.82 Å². The van der Waals surface area contributed by atoms with Crippen LogP contribution in [0.4, 0.5) is 4.79 Å². The molecule has 0 radical (unpaired) electrons. The van der Waals surface area contributed by atoms with E-state index < -0.39 is 70.1 Å². The summed E-state index contributed by atoms with van der Waals surface area (Å²) in [6.07, 6.45) is -1.86. The summed E-state index contributed by atoms with van der Waals surface area (Å²) >= 11 is 0. The number of H-pyrrole nitrogens is 1. The molecule has 0 bridgehead atoms. The van der Waals surface area contributed by atoms with Gasteiger partial charge in [0.05, 0.1) is 12.9 Å². The van der Waals surface area contributed by atoms with Crippen molar-refractivity contribution in [3.8, 4) is 0 Å². The molecular formula is C16H21N3O2. The first-order chi connectivity index (χ1) is 16.1. The van der Waals surface area contributed by atoms with Crippen molar-refractivity contribution in [1.29, 1.82) is 0 Å². The second-order valence-corrected chi connectivity index (χ2v) is 4.37. The molecule has 5 heteroatoms. The SMILES string of the molecule is [2H]c1c(C[C@@H]2N([2H])C(=O)OC2([2H])[2H])c([2H])c2c(CC([2H])([2H])N(C([2H])([2H])[2H])C([2H])([2H])[2H])cn([2H])c2c1[2H]. The number of alkyl carbamates (subject to hydrolysis) is 1. The first-order valence-electron chi connectivity index (χ1n) is 13.4. The fourth-order valence-corrected chi connectivity index (χ4v) is 1.95. The van der Waals surface area contributed by atoms with Gasteiger partial charge in [-0.15, -0.1) is 0 Å². The van der Waals surface area contributed by atoms with E-state index in [-0.39, 0.29) is 32.2 Å². The standard InChI is InChI=1S/C16H21N3O2/c1-19(2)6-5-12-9-17-15-4-3-11(8-14(12)15)7-13-10-21-16(20)18-13/h3-4,8-9,13,17H,5-7,10H2,1-2H3,(H,18,20)/t13-/m0/s1/i1D3,2D3,3D,4D,6D2,8D,10D2/hD2. The van der Waals surface area contributed by atoms with E-state index in [0.29, 0.717) is 4.98 Å². The van der Waals surface area contributed by atoms with Crippen molar-refractivity contribution in [3.63, 3.8) is 0 Å². The average Bonchev–Trinajstić information content (AvgIpc) is 3.06. The Bertz CT molecular complexity index is 1190. The lowest BCUT2D eigenvalue weighted by Gasteiger charge is -2.09. The van der Waals surface area contributed by atoms with Crippen LogP contribution in [0.2, 0.25) is 2.82 Å². The Kier molecular flexibility index (Phi) is 1.30. The number of hydrogen-bond acceptors (Lipinski definition) is 3. The smallest absolute Gasteiger partial charge is 0.407 e. The molecule has 0 spiro atoms. The highest BCUT2D eigenvalue weighted by atomic mass is 16.6. The highest BCUT2D eigenvalue weighted by Crippen LogP contribution is 2.21. The van der Waals surface area contributed by atoms with Gasteiger partial charge in [-0.25, -0.2) is 4.79 Å². The molecule has 1 aromatic heterocycles. The summed E-state index contributed by atoms with van der Waals surface area (Å²) in [7, 11) is 0. The van der Waals surface area contributed by atoms with Crippen LogP contribution in [0, 0.1) is 0 Å². The lowest BCUT2D eigenvalue weighted by Crippen LogP contribution is -2.28. The largest absolute Gasteiger partial charge is 0.447 e. The van der Waals surface area contributed by atoms with Crippen LogP contribution >= 0.6 is 0 Å². The van der Waals surface area contributed by atoms with Crippen LogP contribution in [0.15, 0.2) is 24.3 Å². The molecule has 3 rings (SSSR count). The number of aryl methyl sites for hydroxylation is 1. The summed E-state index contributed by atoms with van der Waals surface area (Å²) in [4.78, 5) is 12.0. The third-order valence-corrected chi connectivity index (χ3v) is 2.88. The number of nitrogens with one attached hydrogen (secondary N) is 2. The molecule has 0 aliphatic carbocycles. The number of cyclic esters (lactones) is 1. The van der Waals surface area contributed by atoms with Gasteiger partial charge < -0.3 is 19.9 Å². The Morgan fingerprint density at radius 3 is 3.33 bits per heavy atom. The minimum absolute atomic E-state index is 0.201. The van der Waals surface area contributed by atoms with E-state index in [1.165, 1.54) is 0 Å². The van der Waals surface area contributed by atoms with E-state index in [1.807, 2.05) is 0 Å². The molecule has 1 saturated heterocycles. The second-order valence-electron chi connectivity index (χ2n) is 4.37. The van der Waals surface area contributed by atoms with Crippen molar-refractivity contribution in [2.45, 2.75) is 18.9 Å². The number of ether oxygens (including phenoxy) is 1. The molecule has 2 aromatic rings. The first kappa shape index (κ1) is 4.74. The summed E-state index contributed by atoms with van der Waals surface area (Å²) in [5.41, 5.74) is -0.806. The number of benzene rings is 1. The molecule has 5 nitrogen and oxygen atoms in total. The number of fused-ring (bicyclic) bond motifs is 1. The van der Waals surface area contributed by atoms with E-state index in [1.54, 1.807) is 0 Å². The lowest BCUT2D eigenvalue weighted by molar-refractivity contribution is 0.177. The Balaban J connectivity index is 2.18. The maximum Gasteiger partial charge on any atom is 0.407 e. The summed E-state index contributed by atoms with van der Waals surface area (Å²) in [5.74, 6) is 0.